The zero-order valence-corrected chi connectivity index (χ0v) is 12.8. The number of ketones is 1. The van der Waals surface area contributed by atoms with Crippen molar-refractivity contribution in [3.63, 3.8) is 0 Å². The SMILES string of the molecule is CCOC(=O)CCCOc1ccc(C(=O)CC)cc1OC. The van der Waals surface area contributed by atoms with Gasteiger partial charge in [-0.15, -0.1) is 0 Å². The molecule has 0 unspecified atom stereocenters. The van der Waals surface area contributed by atoms with Gasteiger partial charge in [0.15, 0.2) is 17.3 Å². The van der Waals surface area contributed by atoms with Crippen LogP contribution in [0.5, 0.6) is 11.5 Å². The number of carbonyl (C=O) groups excluding carboxylic acids is 2. The molecule has 0 heterocycles. The van der Waals surface area contributed by atoms with Crippen molar-refractivity contribution in [2.45, 2.75) is 33.1 Å². The summed E-state index contributed by atoms with van der Waals surface area (Å²) >= 11 is 0. The molecule has 0 radical (unpaired) electrons. The predicted octanol–water partition coefficient (Wildman–Crippen LogP) is 3.01. The Kier molecular flexibility index (Phi) is 7.29. The van der Waals surface area contributed by atoms with Crippen molar-refractivity contribution in [3.8, 4) is 11.5 Å². The van der Waals surface area contributed by atoms with Gasteiger partial charge in [0, 0.05) is 18.4 Å². The highest BCUT2D eigenvalue weighted by Crippen LogP contribution is 2.28. The van der Waals surface area contributed by atoms with Gasteiger partial charge in [0.2, 0.25) is 0 Å². The van der Waals surface area contributed by atoms with E-state index in [9.17, 15) is 9.59 Å². The second-order valence-electron chi connectivity index (χ2n) is 4.40. The van der Waals surface area contributed by atoms with Crippen molar-refractivity contribution in [2.24, 2.45) is 0 Å². The second kappa shape index (κ2) is 9.00. The Morgan fingerprint density at radius 1 is 1.14 bits per heavy atom. The van der Waals surface area contributed by atoms with Crippen LogP contribution in [0.1, 0.15) is 43.5 Å². The Bertz CT molecular complexity index is 482. The average Bonchev–Trinajstić information content (AvgIpc) is 2.51. The van der Waals surface area contributed by atoms with Gasteiger partial charge in [-0.25, -0.2) is 0 Å². The molecule has 0 saturated carbocycles. The lowest BCUT2D eigenvalue weighted by Crippen LogP contribution is -2.07. The summed E-state index contributed by atoms with van der Waals surface area (Å²) in [5.41, 5.74) is 0.605. The van der Waals surface area contributed by atoms with Crippen molar-refractivity contribution < 1.29 is 23.8 Å². The first-order valence-corrected chi connectivity index (χ1v) is 7.12. The van der Waals surface area contributed by atoms with Crippen LogP contribution in [-0.2, 0) is 9.53 Å². The van der Waals surface area contributed by atoms with Crippen molar-refractivity contribution in [1.82, 2.24) is 0 Å². The molecule has 116 valence electrons. The molecule has 0 amide bonds. The van der Waals surface area contributed by atoms with Gasteiger partial charge in [0.1, 0.15) is 0 Å². The van der Waals surface area contributed by atoms with E-state index < -0.39 is 0 Å². The van der Waals surface area contributed by atoms with Gasteiger partial charge in [-0.3, -0.25) is 9.59 Å². The number of rotatable bonds is 9. The van der Waals surface area contributed by atoms with Crippen LogP contribution in [0.25, 0.3) is 0 Å². The van der Waals surface area contributed by atoms with Crippen molar-refractivity contribution >= 4 is 11.8 Å². The maximum atomic E-state index is 11.6. The molecule has 1 aromatic rings. The standard InChI is InChI=1S/C16H22O5/c1-4-13(17)12-8-9-14(15(11-12)19-3)21-10-6-7-16(18)20-5-2/h8-9,11H,4-7,10H2,1-3H3. The molecule has 0 fully saturated rings. The Morgan fingerprint density at radius 2 is 1.90 bits per heavy atom. The number of benzene rings is 1. The number of Topliss-reactive ketones (excluding diaryl/α,β-unsaturated/α-hetero) is 1. The highest BCUT2D eigenvalue weighted by Gasteiger charge is 2.10. The number of methoxy groups -OCH3 is 1. The number of hydrogen-bond donors (Lipinski definition) is 0. The molecule has 1 aromatic carbocycles. The smallest absolute Gasteiger partial charge is 0.305 e. The first-order chi connectivity index (χ1) is 10.1. The molecule has 0 saturated heterocycles. The van der Waals surface area contributed by atoms with Crippen molar-refractivity contribution in [3.05, 3.63) is 23.8 Å². The molecule has 0 aliphatic carbocycles. The summed E-state index contributed by atoms with van der Waals surface area (Å²) in [6.45, 7) is 4.36. The molecular weight excluding hydrogens is 272 g/mol. The quantitative estimate of drug-likeness (QED) is 0.398. The van der Waals surface area contributed by atoms with Crippen LogP contribution in [0.15, 0.2) is 18.2 Å². The van der Waals surface area contributed by atoms with E-state index >= 15 is 0 Å². The molecule has 0 atom stereocenters. The number of ether oxygens (including phenoxy) is 3. The van der Waals surface area contributed by atoms with Crippen LogP contribution in [0.2, 0.25) is 0 Å². The molecule has 0 spiro atoms. The minimum Gasteiger partial charge on any atom is -0.493 e. The Balaban J connectivity index is 2.55. The Hall–Kier alpha value is -2.04. The molecular formula is C16H22O5. The van der Waals surface area contributed by atoms with Gasteiger partial charge >= 0.3 is 5.97 Å². The van der Waals surface area contributed by atoms with Crippen molar-refractivity contribution in [2.75, 3.05) is 20.3 Å². The normalized spacial score (nSPS) is 10.0. The van der Waals surface area contributed by atoms with Crippen LogP contribution < -0.4 is 9.47 Å². The summed E-state index contributed by atoms with van der Waals surface area (Å²) < 4.78 is 15.6. The molecule has 0 aliphatic rings. The average molecular weight is 294 g/mol. The minimum absolute atomic E-state index is 0.0576. The molecule has 0 N–H and O–H groups in total. The highest BCUT2D eigenvalue weighted by molar-refractivity contribution is 5.96. The molecule has 0 bridgehead atoms. The lowest BCUT2D eigenvalue weighted by molar-refractivity contribution is -0.143. The predicted molar refractivity (Wildman–Crippen MR) is 79.0 cm³/mol. The number of carbonyl (C=O) groups is 2. The molecule has 1 rings (SSSR count). The Labute approximate surface area is 125 Å². The zero-order chi connectivity index (χ0) is 15.7. The van der Waals surface area contributed by atoms with Crippen LogP contribution in [-0.4, -0.2) is 32.1 Å². The van der Waals surface area contributed by atoms with E-state index in [4.69, 9.17) is 14.2 Å². The van der Waals surface area contributed by atoms with E-state index in [-0.39, 0.29) is 11.8 Å². The molecule has 21 heavy (non-hydrogen) atoms. The third-order valence-corrected chi connectivity index (χ3v) is 2.89. The molecule has 5 heteroatoms. The van der Waals surface area contributed by atoms with Gasteiger partial charge < -0.3 is 14.2 Å². The third kappa shape index (κ3) is 5.45. The Morgan fingerprint density at radius 3 is 2.52 bits per heavy atom. The summed E-state index contributed by atoms with van der Waals surface area (Å²) in [6.07, 6.45) is 1.34. The first kappa shape index (κ1) is 17.0. The lowest BCUT2D eigenvalue weighted by Gasteiger charge is -2.11. The fraction of sp³-hybridized carbons (Fsp3) is 0.500. The van der Waals surface area contributed by atoms with Gasteiger partial charge in [0.05, 0.1) is 20.3 Å². The van der Waals surface area contributed by atoms with Gasteiger partial charge in [-0.1, -0.05) is 6.92 Å². The number of esters is 1. The summed E-state index contributed by atoms with van der Waals surface area (Å²) in [5.74, 6) is 0.915. The van der Waals surface area contributed by atoms with Gasteiger partial charge in [-0.2, -0.15) is 0 Å². The summed E-state index contributed by atoms with van der Waals surface area (Å²) in [6, 6.07) is 5.10. The van der Waals surface area contributed by atoms with Gasteiger partial charge in [0.25, 0.3) is 0 Å². The summed E-state index contributed by atoms with van der Waals surface area (Å²) in [4.78, 5) is 22.8. The minimum atomic E-state index is -0.225. The largest absolute Gasteiger partial charge is 0.493 e. The molecule has 0 aliphatic heterocycles. The van der Waals surface area contributed by atoms with Gasteiger partial charge in [-0.05, 0) is 31.5 Å². The summed E-state index contributed by atoms with van der Waals surface area (Å²) in [5, 5.41) is 0. The van der Waals surface area contributed by atoms with E-state index in [1.54, 1.807) is 25.1 Å². The highest BCUT2D eigenvalue weighted by atomic mass is 16.5. The van der Waals surface area contributed by atoms with Crippen LogP contribution >= 0.6 is 0 Å². The zero-order valence-electron chi connectivity index (χ0n) is 12.8. The van der Waals surface area contributed by atoms with Crippen molar-refractivity contribution in [1.29, 1.82) is 0 Å². The molecule has 0 aromatic heterocycles. The van der Waals surface area contributed by atoms with E-state index in [1.807, 2.05) is 6.92 Å². The topological polar surface area (TPSA) is 61.8 Å². The lowest BCUT2D eigenvalue weighted by atomic mass is 10.1. The molecule has 5 nitrogen and oxygen atoms in total. The van der Waals surface area contributed by atoms with Crippen LogP contribution in [0.4, 0.5) is 0 Å². The fourth-order valence-corrected chi connectivity index (χ4v) is 1.80. The van der Waals surface area contributed by atoms with E-state index in [0.717, 1.165) is 0 Å². The van der Waals surface area contributed by atoms with Crippen LogP contribution in [0.3, 0.4) is 0 Å². The third-order valence-electron chi connectivity index (χ3n) is 2.89. The summed E-state index contributed by atoms with van der Waals surface area (Å²) in [7, 11) is 1.53. The van der Waals surface area contributed by atoms with E-state index in [0.29, 0.717) is 49.5 Å². The second-order valence-corrected chi connectivity index (χ2v) is 4.40. The first-order valence-electron chi connectivity index (χ1n) is 7.12. The maximum absolute atomic E-state index is 11.6. The van der Waals surface area contributed by atoms with E-state index in [1.165, 1.54) is 7.11 Å². The monoisotopic (exact) mass is 294 g/mol. The number of hydrogen-bond acceptors (Lipinski definition) is 5. The maximum Gasteiger partial charge on any atom is 0.305 e. The fourth-order valence-electron chi connectivity index (χ4n) is 1.80. The van der Waals surface area contributed by atoms with E-state index in [2.05, 4.69) is 0 Å². The van der Waals surface area contributed by atoms with Crippen LogP contribution in [0, 0.1) is 0 Å².